The van der Waals surface area contributed by atoms with Crippen LogP contribution in [0.2, 0.25) is 0 Å². The van der Waals surface area contributed by atoms with Crippen molar-refractivity contribution in [3.8, 4) is 5.75 Å². The maximum atomic E-state index is 10.3. The van der Waals surface area contributed by atoms with Crippen molar-refractivity contribution < 1.29 is 5.11 Å². The van der Waals surface area contributed by atoms with Crippen LogP contribution in [0.4, 0.5) is 5.69 Å². The van der Waals surface area contributed by atoms with E-state index in [9.17, 15) is 5.11 Å². The highest BCUT2D eigenvalue weighted by molar-refractivity contribution is 5.97. The summed E-state index contributed by atoms with van der Waals surface area (Å²) < 4.78 is 0. The molecule has 0 aromatic heterocycles. The van der Waals surface area contributed by atoms with Crippen molar-refractivity contribution in [3.63, 3.8) is 0 Å². The molecule has 0 saturated carbocycles. The molecule has 0 atom stereocenters. The van der Waals surface area contributed by atoms with Gasteiger partial charge < -0.3 is 10.0 Å². The zero-order chi connectivity index (χ0) is 15.0. The Morgan fingerprint density at radius 3 is 2.62 bits per heavy atom. The number of aryl methyl sites for hydroxylation is 1. The number of rotatable bonds is 0. The van der Waals surface area contributed by atoms with Crippen molar-refractivity contribution in [1.29, 1.82) is 0 Å². The second kappa shape index (κ2) is 3.73. The smallest absolute Gasteiger partial charge is 0.123 e. The molecule has 0 amide bonds. The number of benzene rings is 2. The molecule has 2 aliphatic heterocycles. The molecule has 0 aliphatic carbocycles. The standard InChI is InChI=1S/C19H23NO/c1-18(2)11-20-17-13(8-9-19(20,3)4)12-6-5-7-16(21)14(12)10-15(17)18/h5-7,10,21H,8-9,11H2,1-4H3. The fourth-order valence-corrected chi connectivity index (χ4v) is 4.19. The van der Waals surface area contributed by atoms with E-state index in [0.29, 0.717) is 5.75 Å². The van der Waals surface area contributed by atoms with Crippen LogP contribution in [0.25, 0.3) is 10.8 Å². The molecule has 0 radical (unpaired) electrons. The van der Waals surface area contributed by atoms with Crippen LogP contribution in [0.3, 0.4) is 0 Å². The minimum atomic E-state index is 0.141. The Balaban J connectivity index is 2.13. The highest BCUT2D eigenvalue weighted by Gasteiger charge is 2.45. The number of anilines is 1. The summed E-state index contributed by atoms with van der Waals surface area (Å²) in [6.07, 6.45) is 2.27. The van der Waals surface area contributed by atoms with Gasteiger partial charge in [-0.15, -0.1) is 0 Å². The van der Waals surface area contributed by atoms with E-state index in [4.69, 9.17) is 0 Å². The maximum Gasteiger partial charge on any atom is 0.123 e. The predicted molar refractivity (Wildman–Crippen MR) is 88.4 cm³/mol. The minimum Gasteiger partial charge on any atom is -0.507 e. The highest BCUT2D eigenvalue weighted by atomic mass is 16.3. The predicted octanol–water partition coefficient (Wildman–Crippen LogP) is 4.37. The van der Waals surface area contributed by atoms with Crippen molar-refractivity contribution in [2.75, 3.05) is 11.4 Å². The van der Waals surface area contributed by atoms with Crippen LogP contribution >= 0.6 is 0 Å². The number of aromatic hydroxyl groups is 1. The first-order valence-corrected chi connectivity index (χ1v) is 7.87. The second-order valence-corrected chi connectivity index (χ2v) is 7.91. The monoisotopic (exact) mass is 281 g/mol. The van der Waals surface area contributed by atoms with Crippen LogP contribution in [-0.4, -0.2) is 17.2 Å². The van der Waals surface area contributed by atoms with Gasteiger partial charge in [0, 0.05) is 28.6 Å². The number of hydrogen-bond acceptors (Lipinski definition) is 2. The number of nitrogens with zero attached hydrogens (tertiary/aromatic N) is 1. The summed E-state index contributed by atoms with van der Waals surface area (Å²) in [5.74, 6) is 0.408. The maximum absolute atomic E-state index is 10.3. The van der Waals surface area contributed by atoms with Gasteiger partial charge in [0.1, 0.15) is 5.75 Å². The topological polar surface area (TPSA) is 23.5 Å². The molecule has 2 heterocycles. The van der Waals surface area contributed by atoms with Gasteiger partial charge in [0.15, 0.2) is 0 Å². The van der Waals surface area contributed by atoms with Gasteiger partial charge in [0.2, 0.25) is 0 Å². The third-order valence-corrected chi connectivity index (χ3v) is 5.51. The lowest BCUT2D eigenvalue weighted by molar-refractivity contribution is 0.395. The summed E-state index contributed by atoms with van der Waals surface area (Å²) in [7, 11) is 0. The summed E-state index contributed by atoms with van der Waals surface area (Å²) in [5.41, 5.74) is 4.64. The van der Waals surface area contributed by atoms with Crippen LogP contribution in [0.5, 0.6) is 5.75 Å². The average molecular weight is 281 g/mol. The quantitative estimate of drug-likeness (QED) is 0.775. The van der Waals surface area contributed by atoms with Crippen LogP contribution in [-0.2, 0) is 11.8 Å². The van der Waals surface area contributed by atoms with E-state index in [1.807, 2.05) is 6.07 Å². The summed E-state index contributed by atoms with van der Waals surface area (Å²) in [6.45, 7) is 10.4. The number of fused-ring (bicyclic) bond motifs is 2. The van der Waals surface area contributed by atoms with Gasteiger partial charge in [-0.25, -0.2) is 0 Å². The molecule has 2 aromatic carbocycles. The van der Waals surface area contributed by atoms with Crippen LogP contribution < -0.4 is 4.90 Å². The first-order valence-electron chi connectivity index (χ1n) is 7.87. The Kier molecular flexibility index (Phi) is 2.31. The van der Waals surface area contributed by atoms with E-state index in [1.54, 1.807) is 6.07 Å². The molecule has 0 saturated heterocycles. The van der Waals surface area contributed by atoms with E-state index in [2.05, 4.69) is 44.7 Å². The van der Waals surface area contributed by atoms with Crippen molar-refractivity contribution in [2.24, 2.45) is 0 Å². The van der Waals surface area contributed by atoms with Gasteiger partial charge in [0.25, 0.3) is 0 Å². The van der Waals surface area contributed by atoms with Gasteiger partial charge in [-0.2, -0.15) is 0 Å². The molecule has 0 spiro atoms. The fraction of sp³-hybridized carbons (Fsp3) is 0.474. The molecule has 0 fully saturated rings. The average Bonchev–Trinajstić information content (AvgIpc) is 2.68. The summed E-state index contributed by atoms with van der Waals surface area (Å²) >= 11 is 0. The first-order chi connectivity index (χ1) is 9.81. The van der Waals surface area contributed by atoms with Gasteiger partial charge in [-0.1, -0.05) is 26.0 Å². The first kappa shape index (κ1) is 13.0. The van der Waals surface area contributed by atoms with Crippen LogP contribution in [0.15, 0.2) is 24.3 Å². The third-order valence-electron chi connectivity index (χ3n) is 5.51. The lowest BCUT2D eigenvalue weighted by atomic mass is 9.82. The van der Waals surface area contributed by atoms with Gasteiger partial charge >= 0.3 is 0 Å². The van der Waals surface area contributed by atoms with E-state index in [1.165, 1.54) is 28.6 Å². The molecule has 110 valence electrons. The molecular formula is C19H23NO. The van der Waals surface area contributed by atoms with E-state index < -0.39 is 0 Å². The largest absolute Gasteiger partial charge is 0.507 e. The van der Waals surface area contributed by atoms with Crippen molar-refractivity contribution >= 4 is 16.5 Å². The fourth-order valence-electron chi connectivity index (χ4n) is 4.19. The number of hydrogen-bond donors (Lipinski definition) is 1. The SMILES string of the molecule is CC1(C)CN2c3c1cc1c(O)cccc1c3CCC2(C)C. The Labute approximate surface area is 126 Å². The lowest BCUT2D eigenvalue weighted by Crippen LogP contribution is -2.47. The zero-order valence-electron chi connectivity index (χ0n) is 13.3. The molecule has 2 aromatic rings. The van der Waals surface area contributed by atoms with Gasteiger partial charge in [0.05, 0.1) is 0 Å². The molecule has 2 nitrogen and oxygen atoms in total. The van der Waals surface area contributed by atoms with Crippen LogP contribution in [0.1, 0.15) is 45.2 Å². The minimum absolute atomic E-state index is 0.141. The highest BCUT2D eigenvalue weighted by Crippen LogP contribution is 2.52. The molecule has 1 N–H and O–H groups in total. The molecule has 2 aliphatic rings. The molecule has 4 rings (SSSR count). The second-order valence-electron chi connectivity index (χ2n) is 7.91. The van der Waals surface area contributed by atoms with Crippen LogP contribution in [0, 0.1) is 0 Å². The van der Waals surface area contributed by atoms with Crippen molar-refractivity contribution in [2.45, 2.75) is 51.5 Å². The van der Waals surface area contributed by atoms with E-state index in [-0.39, 0.29) is 11.0 Å². The van der Waals surface area contributed by atoms with Gasteiger partial charge in [-0.05, 0) is 55.3 Å². The number of phenols is 1. The lowest BCUT2D eigenvalue weighted by Gasteiger charge is -2.43. The van der Waals surface area contributed by atoms with Gasteiger partial charge in [-0.3, -0.25) is 0 Å². The molecule has 0 bridgehead atoms. The molecular weight excluding hydrogens is 258 g/mol. The third kappa shape index (κ3) is 1.59. The Hall–Kier alpha value is -1.70. The summed E-state index contributed by atoms with van der Waals surface area (Å²) in [4.78, 5) is 2.60. The normalized spacial score (nSPS) is 21.6. The number of phenolic OH excluding ortho intramolecular Hbond substituents is 1. The van der Waals surface area contributed by atoms with Crippen molar-refractivity contribution in [1.82, 2.24) is 0 Å². The molecule has 2 heteroatoms. The Morgan fingerprint density at radius 2 is 1.86 bits per heavy atom. The Morgan fingerprint density at radius 1 is 1.10 bits per heavy atom. The molecule has 0 unspecified atom stereocenters. The molecule has 21 heavy (non-hydrogen) atoms. The van der Waals surface area contributed by atoms with E-state index in [0.717, 1.165) is 18.4 Å². The van der Waals surface area contributed by atoms with Crippen molar-refractivity contribution in [3.05, 3.63) is 35.4 Å². The zero-order valence-corrected chi connectivity index (χ0v) is 13.3. The Bertz CT molecular complexity index is 758. The summed E-state index contributed by atoms with van der Waals surface area (Å²) in [5, 5.41) is 12.5. The summed E-state index contributed by atoms with van der Waals surface area (Å²) in [6, 6.07) is 8.15. The van der Waals surface area contributed by atoms with E-state index >= 15 is 0 Å².